The van der Waals surface area contributed by atoms with Crippen LogP contribution in [0.25, 0.3) is 0 Å². The SMILES string of the molecule is C=C1C[C@@H]2C[C@H]1[C@@H](C(=O)O)N2C(=O)O. The van der Waals surface area contributed by atoms with E-state index in [9.17, 15) is 9.59 Å². The number of piperidine rings is 1. The molecular formula is C9H11NO4. The molecule has 76 valence electrons. The number of aliphatic carboxylic acids is 1. The van der Waals surface area contributed by atoms with Crippen molar-refractivity contribution in [1.29, 1.82) is 0 Å². The van der Waals surface area contributed by atoms with Crippen LogP contribution in [0.5, 0.6) is 0 Å². The molecule has 1 aliphatic carbocycles. The number of carboxylic acids is 1. The van der Waals surface area contributed by atoms with Crippen LogP contribution in [0.1, 0.15) is 12.8 Å². The number of hydrogen-bond donors (Lipinski definition) is 2. The Kier molecular flexibility index (Phi) is 1.77. The quantitative estimate of drug-likeness (QED) is 0.608. The van der Waals surface area contributed by atoms with E-state index in [1.165, 1.54) is 0 Å². The highest BCUT2D eigenvalue weighted by Gasteiger charge is 2.53. The lowest BCUT2D eigenvalue weighted by atomic mass is 9.95. The summed E-state index contributed by atoms with van der Waals surface area (Å²) in [5.41, 5.74) is 0.875. The molecular weight excluding hydrogens is 186 g/mol. The predicted molar refractivity (Wildman–Crippen MR) is 46.9 cm³/mol. The second-order valence-electron chi connectivity index (χ2n) is 3.83. The average molecular weight is 197 g/mol. The summed E-state index contributed by atoms with van der Waals surface area (Å²) in [7, 11) is 0. The van der Waals surface area contributed by atoms with Crippen molar-refractivity contribution in [3.63, 3.8) is 0 Å². The van der Waals surface area contributed by atoms with Gasteiger partial charge in [0.15, 0.2) is 0 Å². The molecule has 2 rings (SSSR count). The van der Waals surface area contributed by atoms with E-state index in [1.54, 1.807) is 0 Å². The molecule has 0 spiro atoms. The van der Waals surface area contributed by atoms with Gasteiger partial charge in [-0.05, 0) is 12.8 Å². The van der Waals surface area contributed by atoms with Crippen LogP contribution in [0.2, 0.25) is 0 Å². The van der Waals surface area contributed by atoms with Gasteiger partial charge in [0, 0.05) is 12.0 Å². The summed E-state index contributed by atoms with van der Waals surface area (Å²) >= 11 is 0. The molecule has 3 atom stereocenters. The first kappa shape index (κ1) is 9.05. The Morgan fingerprint density at radius 1 is 1.43 bits per heavy atom. The molecule has 0 unspecified atom stereocenters. The molecule has 0 aromatic rings. The lowest BCUT2D eigenvalue weighted by molar-refractivity contribution is -0.143. The molecule has 1 saturated heterocycles. The second-order valence-corrected chi connectivity index (χ2v) is 3.83. The summed E-state index contributed by atoms with van der Waals surface area (Å²) in [4.78, 5) is 22.8. The van der Waals surface area contributed by atoms with Crippen molar-refractivity contribution in [2.75, 3.05) is 0 Å². The van der Waals surface area contributed by atoms with Crippen molar-refractivity contribution >= 4 is 12.1 Å². The maximum Gasteiger partial charge on any atom is 0.408 e. The van der Waals surface area contributed by atoms with E-state index in [0.29, 0.717) is 12.8 Å². The van der Waals surface area contributed by atoms with Gasteiger partial charge in [-0.1, -0.05) is 12.2 Å². The molecule has 1 heterocycles. The first-order valence-electron chi connectivity index (χ1n) is 4.44. The van der Waals surface area contributed by atoms with Crippen LogP contribution in [-0.2, 0) is 4.79 Å². The van der Waals surface area contributed by atoms with Gasteiger partial charge in [0.25, 0.3) is 0 Å². The van der Waals surface area contributed by atoms with Crippen LogP contribution in [0.15, 0.2) is 12.2 Å². The van der Waals surface area contributed by atoms with Gasteiger partial charge in [0.2, 0.25) is 0 Å². The smallest absolute Gasteiger partial charge is 0.408 e. The first-order chi connectivity index (χ1) is 6.52. The number of rotatable bonds is 1. The van der Waals surface area contributed by atoms with E-state index in [1.807, 2.05) is 0 Å². The van der Waals surface area contributed by atoms with Crippen molar-refractivity contribution in [3.8, 4) is 0 Å². The third-order valence-electron chi connectivity index (χ3n) is 3.10. The van der Waals surface area contributed by atoms with Crippen molar-refractivity contribution in [2.24, 2.45) is 5.92 Å². The predicted octanol–water partition coefficient (Wildman–Crippen LogP) is 0.768. The lowest BCUT2D eigenvalue weighted by Gasteiger charge is -2.31. The molecule has 1 aliphatic heterocycles. The van der Waals surface area contributed by atoms with Crippen LogP contribution in [0.4, 0.5) is 4.79 Å². The highest BCUT2D eigenvalue weighted by atomic mass is 16.4. The Bertz CT molecular complexity index is 325. The molecule has 2 aliphatic rings. The van der Waals surface area contributed by atoms with Crippen LogP contribution >= 0.6 is 0 Å². The fourth-order valence-corrected chi connectivity index (χ4v) is 2.55. The van der Waals surface area contributed by atoms with E-state index in [2.05, 4.69) is 6.58 Å². The van der Waals surface area contributed by atoms with Gasteiger partial charge in [0.1, 0.15) is 6.04 Å². The number of carbonyl (C=O) groups is 2. The number of carboxylic acid groups (broad SMARTS) is 2. The average Bonchev–Trinajstić information content (AvgIpc) is 2.58. The minimum Gasteiger partial charge on any atom is -0.480 e. The van der Waals surface area contributed by atoms with Crippen LogP contribution in [-0.4, -0.2) is 39.3 Å². The fraction of sp³-hybridized carbons (Fsp3) is 0.556. The van der Waals surface area contributed by atoms with Gasteiger partial charge < -0.3 is 10.2 Å². The third-order valence-corrected chi connectivity index (χ3v) is 3.10. The zero-order chi connectivity index (χ0) is 10.5. The summed E-state index contributed by atoms with van der Waals surface area (Å²) in [5.74, 6) is -1.26. The van der Waals surface area contributed by atoms with Gasteiger partial charge in [-0.15, -0.1) is 0 Å². The van der Waals surface area contributed by atoms with Crippen molar-refractivity contribution in [1.82, 2.24) is 4.90 Å². The first-order valence-corrected chi connectivity index (χ1v) is 4.44. The molecule has 1 amide bonds. The molecule has 5 heteroatoms. The summed E-state index contributed by atoms with van der Waals surface area (Å²) in [5, 5.41) is 17.8. The van der Waals surface area contributed by atoms with Gasteiger partial charge >= 0.3 is 12.1 Å². The van der Waals surface area contributed by atoms with Crippen LogP contribution < -0.4 is 0 Å². The van der Waals surface area contributed by atoms with E-state index in [0.717, 1.165) is 10.5 Å². The molecule has 2 fully saturated rings. The van der Waals surface area contributed by atoms with Gasteiger partial charge in [0.05, 0.1) is 0 Å². The Morgan fingerprint density at radius 2 is 2.07 bits per heavy atom. The zero-order valence-corrected chi connectivity index (χ0v) is 7.51. The highest BCUT2D eigenvalue weighted by Crippen LogP contribution is 2.45. The van der Waals surface area contributed by atoms with Gasteiger partial charge in [-0.2, -0.15) is 0 Å². The van der Waals surface area contributed by atoms with E-state index < -0.39 is 18.1 Å². The third kappa shape index (κ3) is 1.01. The van der Waals surface area contributed by atoms with Crippen molar-refractivity contribution in [2.45, 2.75) is 24.9 Å². The van der Waals surface area contributed by atoms with E-state index in [-0.39, 0.29) is 12.0 Å². The van der Waals surface area contributed by atoms with Gasteiger partial charge in [-0.25, -0.2) is 9.59 Å². The van der Waals surface area contributed by atoms with Gasteiger partial charge in [-0.3, -0.25) is 4.90 Å². The van der Waals surface area contributed by atoms with E-state index in [4.69, 9.17) is 10.2 Å². The van der Waals surface area contributed by atoms with Crippen molar-refractivity contribution < 1.29 is 19.8 Å². The number of likely N-dealkylation sites (tertiary alicyclic amines) is 1. The second kappa shape index (κ2) is 2.73. The number of fused-ring (bicyclic) bond motifs is 2. The fourth-order valence-electron chi connectivity index (χ4n) is 2.55. The maximum absolute atomic E-state index is 10.9. The summed E-state index contributed by atoms with van der Waals surface area (Å²) < 4.78 is 0. The highest BCUT2D eigenvalue weighted by molar-refractivity contribution is 5.82. The molecule has 5 nitrogen and oxygen atoms in total. The zero-order valence-electron chi connectivity index (χ0n) is 7.51. The topological polar surface area (TPSA) is 77.8 Å². The number of amides is 1. The molecule has 0 radical (unpaired) electrons. The Hall–Kier alpha value is -1.52. The number of hydrogen-bond acceptors (Lipinski definition) is 2. The monoisotopic (exact) mass is 197 g/mol. The summed E-state index contributed by atoms with van der Waals surface area (Å²) in [6, 6.07) is -1.09. The van der Waals surface area contributed by atoms with E-state index >= 15 is 0 Å². The molecule has 2 N–H and O–H groups in total. The lowest BCUT2D eigenvalue weighted by Crippen LogP contribution is -2.48. The Balaban J connectivity index is 2.32. The molecule has 14 heavy (non-hydrogen) atoms. The molecule has 1 saturated carbocycles. The Morgan fingerprint density at radius 3 is 2.57 bits per heavy atom. The standard InChI is InChI=1S/C9H11NO4/c1-4-2-5-3-6(4)7(8(11)12)10(5)9(13)14/h5-7H,1-3H2,(H,11,12)(H,13,14)/t5-,6-,7+/m1/s1. The maximum atomic E-state index is 10.9. The Labute approximate surface area is 80.6 Å². The molecule has 2 bridgehead atoms. The normalized spacial score (nSPS) is 35.0. The molecule has 0 aromatic carbocycles. The largest absolute Gasteiger partial charge is 0.480 e. The van der Waals surface area contributed by atoms with Crippen molar-refractivity contribution in [3.05, 3.63) is 12.2 Å². The van der Waals surface area contributed by atoms with Crippen LogP contribution in [0, 0.1) is 5.92 Å². The minimum atomic E-state index is -1.14. The summed E-state index contributed by atoms with van der Waals surface area (Å²) in [6.45, 7) is 3.78. The van der Waals surface area contributed by atoms with Crippen LogP contribution in [0.3, 0.4) is 0 Å². The number of nitrogens with zero attached hydrogens (tertiary/aromatic N) is 1. The molecule has 0 aromatic heterocycles. The summed E-state index contributed by atoms with van der Waals surface area (Å²) in [6.07, 6.45) is 0.0838. The minimum absolute atomic E-state index is 0.175.